The van der Waals surface area contributed by atoms with Crippen molar-refractivity contribution in [3.8, 4) is 0 Å². The summed E-state index contributed by atoms with van der Waals surface area (Å²) in [4.78, 5) is 7.26. The van der Waals surface area contributed by atoms with Crippen LogP contribution in [0.5, 0.6) is 0 Å². The Morgan fingerprint density at radius 3 is 2.38 bits per heavy atom. The number of carbonyl (C=O) groups excluding carboxylic acids is 1. The molecule has 0 saturated heterocycles. The van der Waals surface area contributed by atoms with Crippen LogP contribution in [0.25, 0.3) is 0 Å². The second-order valence-corrected chi connectivity index (χ2v) is 1.12. The molecule has 1 unspecified atom stereocenters. The quantitative estimate of drug-likeness (QED) is 0.225. The summed E-state index contributed by atoms with van der Waals surface area (Å²) >= 11 is 0. The normalized spacial score (nSPS) is 16.9. The van der Waals surface area contributed by atoms with E-state index in [2.05, 4.69) is 6.58 Å². The highest BCUT2D eigenvalue weighted by Crippen LogP contribution is 1.94. The van der Waals surface area contributed by atoms with E-state index < -0.39 is 10.7 Å². The van der Waals surface area contributed by atoms with E-state index in [9.17, 15) is 10.0 Å². The van der Waals surface area contributed by atoms with Gasteiger partial charge in [0.05, 0.1) is 0 Å². The van der Waals surface area contributed by atoms with Gasteiger partial charge in [-0.3, -0.25) is 0 Å². The summed E-state index contributed by atoms with van der Waals surface area (Å²) in [6.07, 6.45) is 0.583. The Balaban J connectivity index is 4.02. The van der Waals surface area contributed by atoms with Gasteiger partial charge < -0.3 is 5.21 Å². The molecule has 0 heterocycles. The third kappa shape index (κ3) is 1.83. The Morgan fingerprint density at radius 2 is 2.38 bits per heavy atom. The summed E-state index contributed by atoms with van der Waals surface area (Å²) in [5, 5.41) is 17.7. The molecule has 3 radical (unpaired) electrons. The molecule has 0 aliphatic heterocycles. The van der Waals surface area contributed by atoms with Crippen molar-refractivity contribution in [1.29, 1.82) is 0 Å². The number of quaternary nitrogens is 1. The topological polar surface area (TPSA) is 60.4 Å². The molecular weight excluding hydrogens is 110 g/mol. The SMILES string of the molecule is [C][N+]([O-])(O)C(=O)C=C. The van der Waals surface area contributed by atoms with E-state index in [4.69, 9.17) is 12.3 Å². The summed E-state index contributed by atoms with van der Waals surface area (Å²) in [5.41, 5.74) is 0. The molecule has 0 spiro atoms. The van der Waals surface area contributed by atoms with Crippen LogP contribution in [0.15, 0.2) is 12.7 Å². The molecule has 1 N–H and O–H groups in total. The van der Waals surface area contributed by atoms with Crippen LogP contribution >= 0.6 is 0 Å². The number of amides is 1. The van der Waals surface area contributed by atoms with Crippen molar-refractivity contribution < 1.29 is 14.8 Å². The maximum Gasteiger partial charge on any atom is 0.371 e. The number of hydroxylamine groups is 4. The molecule has 4 nitrogen and oxygen atoms in total. The van der Waals surface area contributed by atoms with Crippen molar-refractivity contribution in [2.45, 2.75) is 0 Å². The summed E-state index contributed by atoms with van der Waals surface area (Å²) < 4.78 is 0. The minimum absolute atomic E-state index is 0.583. The van der Waals surface area contributed by atoms with Crippen molar-refractivity contribution in [3.05, 3.63) is 24.9 Å². The zero-order valence-corrected chi connectivity index (χ0v) is 4.00. The number of carbonyl (C=O) groups is 1. The molecule has 4 heteroatoms. The number of rotatable bonds is 1. The third-order valence-corrected chi connectivity index (χ3v) is 0.473. The highest BCUT2D eigenvalue weighted by atomic mass is 16.8. The zero-order chi connectivity index (χ0) is 6.78. The molecule has 0 aliphatic rings. The van der Waals surface area contributed by atoms with Gasteiger partial charge in [-0.25, -0.2) is 10.0 Å². The summed E-state index contributed by atoms with van der Waals surface area (Å²) in [6.45, 7) is 2.88. The second kappa shape index (κ2) is 2.04. The fourth-order valence-electron chi connectivity index (χ4n) is 0.124. The van der Waals surface area contributed by atoms with Crippen LogP contribution in [0.1, 0.15) is 0 Å². The van der Waals surface area contributed by atoms with Gasteiger partial charge in [0.25, 0.3) is 0 Å². The van der Waals surface area contributed by atoms with Crippen LogP contribution in [0, 0.1) is 12.3 Å². The van der Waals surface area contributed by atoms with Crippen LogP contribution in [0.2, 0.25) is 0 Å². The lowest BCUT2D eigenvalue weighted by Gasteiger charge is -2.19. The van der Waals surface area contributed by atoms with Crippen molar-refractivity contribution >= 4 is 5.91 Å². The molecule has 1 amide bonds. The van der Waals surface area contributed by atoms with Crippen molar-refractivity contribution in [1.82, 2.24) is 0 Å². The van der Waals surface area contributed by atoms with Crippen LogP contribution in [-0.2, 0) is 4.79 Å². The Kier molecular flexibility index (Phi) is 1.86. The van der Waals surface area contributed by atoms with E-state index in [1.807, 2.05) is 0 Å². The maximum absolute atomic E-state index is 9.94. The molecule has 0 aliphatic carbocycles. The first-order valence-corrected chi connectivity index (χ1v) is 1.73. The molecule has 43 valence electrons. The Labute approximate surface area is 46.8 Å². The maximum atomic E-state index is 9.94. The van der Waals surface area contributed by atoms with Crippen LogP contribution in [0.3, 0.4) is 0 Å². The van der Waals surface area contributed by atoms with Gasteiger partial charge >= 0.3 is 13.0 Å². The van der Waals surface area contributed by atoms with E-state index in [1.165, 1.54) is 0 Å². The second-order valence-electron chi connectivity index (χ2n) is 1.12. The molecule has 0 aromatic carbocycles. The summed E-state index contributed by atoms with van der Waals surface area (Å²) in [6, 6.07) is 0. The van der Waals surface area contributed by atoms with E-state index in [1.54, 1.807) is 0 Å². The highest BCUT2D eigenvalue weighted by molar-refractivity contribution is 5.80. The largest absolute Gasteiger partial charge is 0.590 e. The molecule has 0 fully saturated rings. The molecule has 0 aromatic rings. The first-order valence-electron chi connectivity index (χ1n) is 1.73. The van der Waals surface area contributed by atoms with Crippen molar-refractivity contribution in [2.75, 3.05) is 0 Å². The Hall–Kier alpha value is -0.710. The molecule has 0 rings (SSSR count). The van der Waals surface area contributed by atoms with Gasteiger partial charge in [-0.2, -0.15) is 0 Å². The average molecular weight is 114 g/mol. The first kappa shape index (κ1) is 7.29. The first-order chi connectivity index (χ1) is 3.48. The van der Waals surface area contributed by atoms with E-state index >= 15 is 0 Å². The minimum Gasteiger partial charge on any atom is -0.590 e. The van der Waals surface area contributed by atoms with Gasteiger partial charge in [0.15, 0.2) is 0 Å². The smallest absolute Gasteiger partial charge is 0.371 e. The molecule has 0 aromatic heterocycles. The number of nitrogens with zero attached hydrogens (tertiary/aromatic N) is 1. The van der Waals surface area contributed by atoms with E-state index in [0.717, 1.165) is 0 Å². The van der Waals surface area contributed by atoms with Gasteiger partial charge in [-0.05, 0) is 0 Å². The van der Waals surface area contributed by atoms with Crippen LogP contribution in [0.4, 0.5) is 0 Å². The monoisotopic (exact) mass is 114 g/mol. The highest BCUT2D eigenvalue weighted by Gasteiger charge is 2.16. The number of hydrogen-bond donors (Lipinski definition) is 1. The predicted molar refractivity (Wildman–Crippen MR) is 23.9 cm³/mol. The van der Waals surface area contributed by atoms with Gasteiger partial charge in [0.2, 0.25) is 0 Å². The Bertz CT molecular complexity index is 113. The van der Waals surface area contributed by atoms with Crippen LogP contribution in [-0.4, -0.2) is 15.9 Å². The van der Waals surface area contributed by atoms with E-state index in [0.29, 0.717) is 6.08 Å². The lowest BCUT2D eigenvalue weighted by molar-refractivity contribution is -0.960. The Morgan fingerprint density at radius 1 is 2.00 bits per heavy atom. The molecule has 1 atom stereocenters. The summed E-state index contributed by atoms with van der Waals surface area (Å²) in [7, 11) is 6.05. The fraction of sp³-hybridized carbons (Fsp3) is 0. The minimum atomic E-state index is -2.68. The molecule has 0 saturated carbocycles. The molecule has 8 heavy (non-hydrogen) atoms. The lowest BCUT2D eigenvalue weighted by Crippen LogP contribution is -2.36. The molecule has 0 bridgehead atoms. The average Bonchev–Trinajstić information content (AvgIpc) is 1.62. The van der Waals surface area contributed by atoms with Crippen molar-refractivity contribution in [3.63, 3.8) is 0 Å². The van der Waals surface area contributed by atoms with Crippen molar-refractivity contribution in [2.24, 2.45) is 0 Å². The van der Waals surface area contributed by atoms with Gasteiger partial charge in [0, 0.05) is 6.08 Å². The summed E-state index contributed by atoms with van der Waals surface area (Å²) in [5.74, 6) is -1.30. The van der Waals surface area contributed by atoms with E-state index in [-0.39, 0.29) is 0 Å². The number of hydrogen-bond acceptors (Lipinski definition) is 3. The standard InChI is InChI=1S/C4H4NO3/c1-3-4(6)5(2,7)8/h3,7H,1H2. The fourth-order valence-corrected chi connectivity index (χ4v) is 0.124. The van der Waals surface area contributed by atoms with Gasteiger partial charge in [-0.15, -0.1) is 4.81 Å². The van der Waals surface area contributed by atoms with Crippen LogP contribution < -0.4 is 0 Å². The molecular formula is C4H4NO3. The van der Waals surface area contributed by atoms with Gasteiger partial charge in [0.1, 0.15) is 0 Å². The zero-order valence-electron chi connectivity index (χ0n) is 4.00. The third-order valence-electron chi connectivity index (χ3n) is 0.473. The lowest BCUT2D eigenvalue weighted by atomic mass is 10.6. The van der Waals surface area contributed by atoms with Gasteiger partial charge in [-0.1, -0.05) is 6.58 Å². The predicted octanol–water partition coefficient (Wildman–Crippen LogP) is -0.0516.